The van der Waals surface area contributed by atoms with E-state index in [0.717, 1.165) is 0 Å². The molecule has 0 aliphatic heterocycles. The summed E-state index contributed by atoms with van der Waals surface area (Å²) >= 11 is 0. The van der Waals surface area contributed by atoms with E-state index in [1.54, 1.807) is 19.9 Å². The van der Waals surface area contributed by atoms with Gasteiger partial charge in [0.15, 0.2) is 10.7 Å². The van der Waals surface area contributed by atoms with Crippen LogP contribution in [0.5, 0.6) is 0 Å². The second-order valence-electron chi connectivity index (χ2n) is 3.63. The van der Waals surface area contributed by atoms with Gasteiger partial charge in [-0.1, -0.05) is 6.07 Å². The van der Waals surface area contributed by atoms with Gasteiger partial charge in [0.25, 0.3) is 0 Å². The van der Waals surface area contributed by atoms with Crippen molar-refractivity contribution in [3.63, 3.8) is 0 Å². The number of rotatable bonds is 7. The number of nitrogens with zero attached hydrogens (tertiary/aromatic N) is 4. The van der Waals surface area contributed by atoms with Crippen molar-refractivity contribution in [3.05, 3.63) is 49.1 Å². The SMILES string of the molecule is Cc1cc(C)c(N([O-])ON=O)cc1CN([O-])ON=O. The maximum absolute atomic E-state index is 11.3. The van der Waals surface area contributed by atoms with E-state index in [0.29, 0.717) is 16.7 Å². The molecule has 0 atom stereocenters. The minimum atomic E-state index is -0.326. The van der Waals surface area contributed by atoms with E-state index in [-0.39, 0.29) is 22.7 Å². The number of benzene rings is 1. The quantitative estimate of drug-likeness (QED) is 0.543. The molecule has 19 heavy (non-hydrogen) atoms. The molecule has 0 unspecified atom stereocenters. The van der Waals surface area contributed by atoms with Gasteiger partial charge in [-0.15, -0.1) is 9.81 Å². The van der Waals surface area contributed by atoms with E-state index in [2.05, 4.69) is 9.88 Å². The molecule has 0 radical (unpaired) electrons. The molecule has 0 spiro atoms. The number of anilines is 1. The Kier molecular flexibility index (Phi) is 5.11. The Bertz CT molecular complexity index is 468. The molecular formula is C9H10N4O6-2. The smallest absolute Gasteiger partial charge is 0.181 e. The van der Waals surface area contributed by atoms with E-state index >= 15 is 0 Å². The van der Waals surface area contributed by atoms with E-state index in [1.165, 1.54) is 6.07 Å². The number of hydrogen-bond acceptors (Lipinski definition) is 10. The largest absolute Gasteiger partial charge is 0.750 e. The number of aryl methyl sites for hydroxylation is 2. The van der Waals surface area contributed by atoms with Crippen LogP contribution in [0.25, 0.3) is 0 Å². The fourth-order valence-corrected chi connectivity index (χ4v) is 1.53. The number of hydrogen-bond donors (Lipinski definition) is 0. The molecule has 0 heterocycles. The average molecular weight is 270 g/mol. The molecule has 1 aromatic carbocycles. The van der Waals surface area contributed by atoms with Crippen LogP contribution in [0.2, 0.25) is 0 Å². The van der Waals surface area contributed by atoms with Gasteiger partial charge < -0.3 is 10.4 Å². The van der Waals surface area contributed by atoms with Crippen LogP contribution in [0.1, 0.15) is 16.7 Å². The topological polar surface area (TPSA) is 130 Å². The van der Waals surface area contributed by atoms with Crippen molar-refractivity contribution in [1.29, 1.82) is 0 Å². The highest BCUT2D eigenvalue weighted by Gasteiger charge is 2.08. The second kappa shape index (κ2) is 6.58. The van der Waals surface area contributed by atoms with Crippen molar-refractivity contribution in [3.8, 4) is 0 Å². The van der Waals surface area contributed by atoms with Crippen LogP contribution in [0, 0.1) is 34.1 Å². The predicted molar refractivity (Wildman–Crippen MR) is 64.4 cm³/mol. The third-order valence-corrected chi connectivity index (χ3v) is 2.38. The molecule has 0 aliphatic rings. The molecular weight excluding hydrogens is 260 g/mol. The van der Waals surface area contributed by atoms with Crippen molar-refractivity contribution < 1.29 is 9.88 Å². The highest BCUT2D eigenvalue weighted by Crippen LogP contribution is 2.25. The standard InChI is InChI=1S/C9H10N4O6/c1-6-3-7(2)9(13(17)19-11-15)4-8(6)5-12(16)18-10-14/h3-4H,5H2,1-2H3/q-2. The van der Waals surface area contributed by atoms with E-state index in [4.69, 9.17) is 0 Å². The molecule has 10 heteroatoms. The molecule has 0 aromatic heterocycles. The summed E-state index contributed by atoms with van der Waals surface area (Å²) in [4.78, 5) is 27.4. The third-order valence-electron chi connectivity index (χ3n) is 2.38. The lowest BCUT2D eigenvalue weighted by Crippen LogP contribution is -2.16. The zero-order valence-corrected chi connectivity index (χ0v) is 10.1. The van der Waals surface area contributed by atoms with Gasteiger partial charge in [0.2, 0.25) is 0 Å². The van der Waals surface area contributed by atoms with Crippen LogP contribution in [-0.4, -0.2) is 5.23 Å². The van der Waals surface area contributed by atoms with Crippen LogP contribution < -0.4 is 5.23 Å². The Morgan fingerprint density at radius 2 is 1.74 bits per heavy atom. The van der Waals surface area contributed by atoms with Gasteiger partial charge in [0.05, 0.1) is 5.69 Å². The molecule has 0 amide bonds. The molecule has 0 fully saturated rings. The molecule has 10 nitrogen and oxygen atoms in total. The van der Waals surface area contributed by atoms with Crippen molar-refractivity contribution in [2.45, 2.75) is 20.4 Å². The molecule has 1 aromatic rings. The minimum absolute atomic E-state index is 0.00709. The lowest BCUT2D eigenvalue weighted by molar-refractivity contribution is -0.129. The van der Waals surface area contributed by atoms with Gasteiger partial charge in [-0.05, 0) is 36.6 Å². The summed E-state index contributed by atoms with van der Waals surface area (Å²) in [5, 5.41) is 26.3. The Hall–Kier alpha value is -2.30. The van der Waals surface area contributed by atoms with Gasteiger partial charge >= 0.3 is 0 Å². The molecule has 0 N–H and O–H groups in total. The van der Waals surface area contributed by atoms with Crippen LogP contribution in [-0.2, 0) is 16.4 Å². The first-order chi connectivity index (χ1) is 8.99. The average Bonchev–Trinajstić information content (AvgIpc) is 2.33. The zero-order valence-electron chi connectivity index (χ0n) is 10.1. The third kappa shape index (κ3) is 3.84. The molecule has 1 rings (SSSR count). The van der Waals surface area contributed by atoms with Crippen LogP contribution in [0.15, 0.2) is 22.8 Å². The molecule has 0 aliphatic carbocycles. The maximum Gasteiger partial charge on any atom is 0.181 e. The van der Waals surface area contributed by atoms with Gasteiger partial charge in [0, 0.05) is 6.54 Å². The summed E-state index contributed by atoms with van der Waals surface area (Å²) < 4.78 is 0. The van der Waals surface area contributed by atoms with Crippen molar-refractivity contribution in [2.24, 2.45) is 10.7 Å². The predicted octanol–water partition coefficient (Wildman–Crippen LogP) is 2.13. The minimum Gasteiger partial charge on any atom is -0.750 e. The highest BCUT2D eigenvalue weighted by molar-refractivity contribution is 5.56. The summed E-state index contributed by atoms with van der Waals surface area (Å²) in [5.74, 6) is 0. The molecule has 0 bridgehead atoms. The van der Waals surface area contributed by atoms with Gasteiger partial charge in [-0.2, -0.15) is 5.23 Å². The molecule has 0 saturated heterocycles. The number of hydroxylamine groups is 2. The van der Waals surface area contributed by atoms with Gasteiger partial charge in [-0.25, -0.2) is 10.2 Å². The summed E-state index contributed by atoms with van der Waals surface area (Å²) in [5.41, 5.74) is 1.61. The fraction of sp³-hybridized carbons (Fsp3) is 0.333. The first-order valence-electron chi connectivity index (χ1n) is 5.01. The first kappa shape index (κ1) is 14.8. The molecule has 0 saturated carbocycles. The van der Waals surface area contributed by atoms with Gasteiger partial charge in [-0.3, -0.25) is 4.94 Å². The first-order valence-corrected chi connectivity index (χ1v) is 5.01. The van der Waals surface area contributed by atoms with Crippen molar-refractivity contribution in [2.75, 3.05) is 5.23 Å². The van der Waals surface area contributed by atoms with Crippen molar-refractivity contribution in [1.82, 2.24) is 5.23 Å². The monoisotopic (exact) mass is 270 g/mol. The van der Waals surface area contributed by atoms with E-state index in [1.807, 2.05) is 10.7 Å². The highest BCUT2D eigenvalue weighted by atomic mass is 17.0. The Labute approximate surface area is 107 Å². The Morgan fingerprint density at radius 1 is 1.11 bits per heavy atom. The Morgan fingerprint density at radius 3 is 2.32 bits per heavy atom. The van der Waals surface area contributed by atoms with E-state index < -0.39 is 0 Å². The lowest BCUT2D eigenvalue weighted by Gasteiger charge is -2.28. The van der Waals surface area contributed by atoms with Crippen LogP contribution in [0.3, 0.4) is 0 Å². The van der Waals surface area contributed by atoms with Crippen LogP contribution in [0.4, 0.5) is 5.69 Å². The lowest BCUT2D eigenvalue weighted by atomic mass is 10.0. The normalized spacial score (nSPS) is 10.2. The zero-order chi connectivity index (χ0) is 14.4. The van der Waals surface area contributed by atoms with Gasteiger partial charge in [0.1, 0.15) is 0 Å². The molecule has 104 valence electrons. The fourth-order valence-electron chi connectivity index (χ4n) is 1.53. The summed E-state index contributed by atoms with van der Waals surface area (Å²) in [7, 11) is 0. The summed E-state index contributed by atoms with van der Waals surface area (Å²) in [6.07, 6.45) is 0. The second-order valence-corrected chi connectivity index (χ2v) is 3.63. The Balaban J connectivity index is 3.01. The van der Waals surface area contributed by atoms with Crippen LogP contribution >= 0.6 is 0 Å². The van der Waals surface area contributed by atoms with E-state index in [9.17, 15) is 20.2 Å². The summed E-state index contributed by atoms with van der Waals surface area (Å²) in [6.45, 7) is 2.99. The van der Waals surface area contributed by atoms with Crippen molar-refractivity contribution >= 4 is 5.69 Å². The summed E-state index contributed by atoms with van der Waals surface area (Å²) in [6, 6.07) is 2.92. The maximum atomic E-state index is 11.3.